The van der Waals surface area contributed by atoms with Crippen molar-refractivity contribution in [3.63, 3.8) is 0 Å². The SMILES string of the molecule is CCN(CC/C(N)=N/O)C(=O)c1cc(I)ccc1O. The summed E-state index contributed by atoms with van der Waals surface area (Å²) in [6, 6.07) is 4.84. The summed E-state index contributed by atoms with van der Waals surface area (Å²) < 4.78 is 0.867. The number of benzene rings is 1. The molecule has 1 aromatic carbocycles. The number of phenols is 1. The maximum Gasteiger partial charge on any atom is 0.257 e. The Morgan fingerprint density at radius 1 is 1.53 bits per heavy atom. The number of amides is 1. The molecule has 0 saturated carbocycles. The van der Waals surface area contributed by atoms with Crippen LogP contribution in [0.2, 0.25) is 0 Å². The third-order valence-electron chi connectivity index (χ3n) is 2.62. The van der Waals surface area contributed by atoms with E-state index >= 15 is 0 Å². The molecule has 0 aliphatic rings. The first-order chi connectivity index (χ1) is 8.99. The zero-order valence-electron chi connectivity index (χ0n) is 10.5. The summed E-state index contributed by atoms with van der Waals surface area (Å²) in [5.41, 5.74) is 5.64. The Morgan fingerprint density at radius 2 is 2.21 bits per heavy atom. The lowest BCUT2D eigenvalue weighted by Gasteiger charge is -2.21. The van der Waals surface area contributed by atoms with Gasteiger partial charge in [-0.3, -0.25) is 4.79 Å². The van der Waals surface area contributed by atoms with E-state index in [1.54, 1.807) is 12.1 Å². The van der Waals surface area contributed by atoms with Crippen LogP contribution in [0.3, 0.4) is 0 Å². The van der Waals surface area contributed by atoms with Crippen LogP contribution in [-0.4, -0.2) is 40.0 Å². The van der Waals surface area contributed by atoms with Crippen molar-refractivity contribution in [1.82, 2.24) is 4.90 Å². The zero-order valence-corrected chi connectivity index (χ0v) is 12.7. The highest BCUT2D eigenvalue weighted by Crippen LogP contribution is 2.21. The minimum absolute atomic E-state index is 0.0485. The molecule has 1 aromatic rings. The maximum atomic E-state index is 12.3. The molecule has 0 spiro atoms. The van der Waals surface area contributed by atoms with Crippen molar-refractivity contribution < 1.29 is 15.1 Å². The van der Waals surface area contributed by atoms with Crippen LogP contribution in [0.25, 0.3) is 0 Å². The van der Waals surface area contributed by atoms with E-state index in [1.165, 1.54) is 11.0 Å². The average Bonchev–Trinajstić information content (AvgIpc) is 2.41. The largest absolute Gasteiger partial charge is 0.507 e. The van der Waals surface area contributed by atoms with E-state index in [0.717, 1.165) is 3.57 Å². The minimum Gasteiger partial charge on any atom is -0.507 e. The third-order valence-corrected chi connectivity index (χ3v) is 3.30. The number of nitrogens with two attached hydrogens (primary N) is 1. The van der Waals surface area contributed by atoms with E-state index in [0.29, 0.717) is 13.1 Å². The molecule has 1 rings (SSSR count). The Labute approximate surface area is 125 Å². The second-order valence-electron chi connectivity index (χ2n) is 3.89. The van der Waals surface area contributed by atoms with Crippen LogP contribution in [0.4, 0.5) is 0 Å². The maximum absolute atomic E-state index is 12.3. The summed E-state index contributed by atoms with van der Waals surface area (Å²) in [4.78, 5) is 13.8. The predicted octanol–water partition coefficient (Wildman–Crippen LogP) is 1.60. The van der Waals surface area contributed by atoms with Gasteiger partial charge in [-0.15, -0.1) is 0 Å². The first-order valence-corrected chi connectivity index (χ1v) is 6.81. The van der Waals surface area contributed by atoms with Gasteiger partial charge in [-0.1, -0.05) is 5.16 Å². The molecule has 0 saturated heterocycles. The molecule has 104 valence electrons. The van der Waals surface area contributed by atoms with Gasteiger partial charge in [-0.05, 0) is 47.7 Å². The summed E-state index contributed by atoms with van der Waals surface area (Å²) in [5.74, 6) is -0.255. The molecular weight excluding hydrogens is 361 g/mol. The number of carbonyl (C=O) groups is 1. The van der Waals surface area contributed by atoms with Crippen molar-refractivity contribution in [2.24, 2.45) is 10.9 Å². The lowest BCUT2D eigenvalue weighted by atomic mass is 10.1. The fourth-order valence-corrected chi connectivity index (χ4v) is 2.04. The molecule has 0 unspecified atom stereocenters. The van der Waals surface area contributed by atoms with Gasteiger partial charge in [0.15, 0.2) is 0 Å². The summed E-state index contributed by atoms with van der Waals surface area (Å²) >= 11 is 2.07. The lowest BCUT2D eigenvalue weighted by molar-refractivity contribution is 0.0765. The second kappa shape index (κ2) is 7.17. The van der Waals surface area contributed by atoms with E-state index in [4.69, 9.17) is 10.9 Å². The Morgan fingerprint density at radius 3 is 2.79 bits per heavy atom. The number of rotatable bonds is 5. The molecule has 0 aromatic heterocycles. The van der Waals surface area contributed by atoms with Crippen LogP contribution in [0.5, 0.6) is 5.75 Å². The number of amidine groups is 1. The molecule has 0 fully saturated rings. The van der Waals surface area contributed by atoms with Gasteiger partial charge < -0.3 is 20.9 Å². The van der Waals surface area contributed by atoms with Gasteiger partial charge in [0, 0.05) is 23.1 Å². The number of hydrogen-bond acceptors (Lipinski definition) is 4. The Hall–Kier alpha value is -1.51. The molecule has 0 atom stereocenters. The van der Waals surface area contributed by atoms with Crippen LogP contribution in [0.15, 0.2) is 23.4 Å². The molecule has 0 aliphatic heterocycles. The van der Waals surface area contributed by atoms with E-state index in [9.17, 15) is 9.90 Å². The molecule has 0 radical (unpaired) electrons. The molecule has 7 heteroatoms. The number of phenolic OH excluding ortho intramolecular Hbond substituents is 1. The smallest absolute Gasteiger partial charge is 0.257 e. The monoisotopic (exact) mass is 377 g/mol. The molecular formula is C12H16IN3O3. The van der Waals surface area contributed by atoms with Crippen molar-refractivity contribution in [3.05, 3.63) is 27.3 Å². The Bertz CT molecular complexity index is 491. The molecule has 6 nitrogen and oxygen atoms in total. The summed E-state index contributed by atoms with van der Waals surface area (Å²) in [5, 5.41) is 21.1. The highest BCUT2D eigenvalue weighted by molar-refractivity contribution is 14.1. The number of hydrogen-bond donors (Lipinski definition) is 3. The lowest BCUT2D eigenvalue weighted by Crippen LogP contribution is -2.34. The van der Waals surface area contributed by atoms with Gasteiger partial charge >= 0.3 is 0 Å². The quantitative estimate of drug-likeness (QED) is 0.239. The molecule has 0 bridgehead atoms. The van der Waals surface area contributed by atoms with Gasteiger partial charge in [-0.2, -0.15) is 0 Å². The Kier molecular flexibility index (Phi) is 5.87. The van der Waals surface area contributed by atoms with E-state index < -0.39 is 0 Å². The topological polar surface area (TPSA) is 99.1 Å². The van der Waals surface area contributed by atoms with Crippen molar-refractivity contribution in [3.8, 4) is 5.75 Å². The van der Waals surface area contributed by atoms with Crippen LogP contribution < -0.4 is 5.73 Å². The minimum atomic E-state index is -0.274. The molecule has 19 heavy (non-hydrogen) atoms. The van der Waals surface area contributed by atoms with Crippen LogP contribution in [-0.2, 0) is 0 Å². The van der Waals surface area contributed by atoms with E-state index in [-0.39, 0.29) is 29.5 Å². The van der Waals surface area contributed by atoms with Gasteiger partial charge in [0.25, 0.3) is 5.91 Å². The first kappa shape index (κ1) is 15.5. The van der Waals surface area contributed by atoms with Gasteiger partial charge in [0.2, 0.25) is 0 Å². The van der Waals surface area contributed by atoms with E-state index in [1.807, 2.05) is 6.92 Å². The molecule has 0 heterocycles. The fourth-order valence-electron chi connectivity index (χ4n) is 1.55. The highest BCUT2D eigenvalue weighted by Gasteiger charge is 2.18. The molecule has 1 amide bonds. The normalized spacial score (nSPS) is 11.4. The van der Waals surface area contributed by atoms with Crippen LogP contribution in [0, 0.1) is 3.57 Å². The summed E-state index contributed by atoms with van der Waals surface area (Å²) in [6.07, 6.45) is 0.279. The Balaban J connectivity index is 2.86. The standard InChI is InChI=1S/C12H16IN3O3/c1-2-16(6-5-11(14)15-19)12(18)9-7-8(13)3-4-10(9)17/h3-4,7,17,19H,2,5-6H2,1H3,(H2,14,15). The summed E-state index contributed by atoms with van der Waals surface area (Å²) in [6.45, 7) is 2.63. The first-order valence-electron chi connectivity index (χ1n) is 5.73. The zero-order chi connectivity index (χ0) is 14.4. The van der Waals surface area contributed by atoms with Crippen molar-refractivity contribution >= 4 is 34.3 Å². The second-order valence-corrected chi connectivity index (χ2v) is 5.13. The van der Waals surface area contributed by atoms with Crippen molar-refractivity contribution in [2.75, 3.05) is 13.1 Å². The van der Waals surface area contributed by atoms with Gasteiger partial charge in [0.1, 0.15) is 11.6 Å². The van der Waals surface area contributed by atoms with Gasteiger partial charge in [0.05, 0.1) is 5.56 Å². The molecule has 0 aliphatic carbocycles. The number of carbonyl (C=O) groups excluding carboxylic acids is 1. The average molecular weight is 377 g/mol. The number of nitrogens with zero attached hydrogens (tertiary/aromatic N) is 2. The van der Waals surface area contributed by atoms with Crippen LogP contribution >= 0.6 is 22.6 Å². The number of halogens is 1. The predicted molar refractivity (Wildman–Crippen MR) is 80.4 cm³/mol. The fraction of sp³-hybridized carbons (Fsp3) is 0.333. The van der Waals surface area contributed by atoms with Crippen molar-refractivity contribution in [2.45, 2.75) is 13.3 Å². The molecule has 4 N–H and O–H groups in total. The number of aromatic hydroxyl groups is 1. The summed E-state index contributed by atoms with van der Waals surface area (Å²) in [7, 11) is 0. The van der Waals surface area contributed by atoms with Crippen LogP contribution in [0.1, 0.15) is 23.7 Å². The highest BCUT2D eigenvalue weighted by atomic mass is 127. The third kappa shape index (κ3) is 4.27. The number of oxime groups is 1. The van der Waals surface area contributed by atoms with Gasteiger partial charge in [-0.25, -0.2) is 0 Å². The van der Waals surface area contributed by atoms with Crippen molar-refractivity contribution in [1.29, 1.82) is 0 Å². The van der Waals surface area contributed by atoms with E-state index in [2.05, 4.69) is 27.7 Å².